The summed E-state index contributed by atoms with van der Waals surface area (Å²) < 4.78 is 2.52. The lowest BCUT2D eigenvalue weighted by Gasteiger charge is -2.12. The zero-order valence-corrected chi connectivity index (χ0v) is 21.8. The molecule has 0 saturated heterocycles. The molecular weight excluding hydrogens is 563 g/mol. The van der Waals surface area contributed by atoms with E-state index >= 15 is 0 Å². The standard InChI is InChI=1S/C26H19BrCl2N6O/c27-21-15-31-35-24(13-23(34-25(21)35)20-6-1-2-7-22(20)29)30-14-16-8-10-18(11-9-16)32-26(36)33-19-5-3-4-17(28)12-19/h1-13,15,30H,14H2,(H2,32,33,36). The van der Waals surface area contributed by atoms with Crippen molar-refractivity contribution in [3.05, 3.63) is 105 Å². The van der Waals surface area contributed by atoms with Crippen molar-refractivity contribution in [1.29, 1.82) is 0 Å². The summed E-state index contributed by atoms with van der Waals surface area (Å²) in [6.07, 6.45) is 1.71. The molecule has 2 amide bonds. The molecule has 2 heterocycles. The predicted octanol–water partition coefficient (Wildman–Crippen LogP) is 7.72. The Balaban J connectivity index is 1.29. The molecule has 0 aliphatic rings. The van der Waals surface area contributed by atoms with E-state index in [1.807, 2.05) is 54.6 Å². The number of anilines is 3. The predicted molar refractivity (Wildman–Crippen MR) is 149 cm³/mol. The van der Waals surface area contributed by atoms with E-state index in [-0.39, 0.29) is 6.03 Å². The van der Waals surface area contributed by atoms with Gasteiger partial charge in [0.15, 0.2) is 5.65 Å². The van der Waals surface area contributed by atoms with Gasteiger partial charge >= 0.3 is 6.03 Å². The van der Waals surface area contributed by atoms with E-state index < -0.39 is 0 Å². The summed E-state index contributed by atoms with van der Waals surface area (Å²) >= 11 is 15.9. The van der Waals surface area contributed by atoms with Crippen molar-refractivity contribution in [1.82, 2.24) is 14.6 Å². The lowest BCUT2D eigenvalue weighted by atomic mass is 10.1. The fraction of sp³-hybridized carbons (Fsp3) is 0.0385. The molecule has 2 aromatic heterocycles. The Bertz CT molecular complexity index is 1550. The third kappa shape index (κ3) is 5.46. The van der Waals surface area contributed by atoms with Crippen LogP contribution in [0.25, 0.3) is 16.9 Å². The van der Waals surface area contributed by atoms with E-state index in [9.17, 15) is 4.79 Å². The minimum Gasteiger partial charge on any atom is -0.366 e. The van der Waals surface area contributed by atoms with Gasteiger partial charge in [-0.2, -0.15) is 9.61 Å². The molecule has 0 aliphatic heterocycles. The van der Waals surface area contributed by atoms with Crippen molar-refractivity contribution in [3.8, 4) is 11.3 Å². The van der Waals surface area contributed by atoms with Gasteiger partial charge in [-0.05, 0) is 57.9 Å². The van der Waals surface area contributed by atoms with Gasteiger partial charge in [-0.25, -0.2) is 9.78 Å². The first-order valence-electron chi connectivity index (χ1n) is 10.9. The van der Waals surface area contributed by atoms with Crippen LogP contribution in [-0.2, 0) is 6.54 Å². The molecule has 3 aromatic carbocycles. The molecule has 5 rings (SSSR count). The van der Waals surface area contributed by atoms with Gasteiger partial charge in [0.05, 0.1) is 16.4 Å². The Hall–Kier alpha value is -3.59. The first-order chi connectivity index (χ1) is 17.5. The van der Waals surface area contributed by atoms with Crippen LogP contribution in [0, 0.1) is 0 Å². The monoisotopic (exact) mass is 580 g/mol. The number of aromatic nitrogens is 3. The van der Waals surface area contributed by atoms with Crippen molar-refractivity contribution in [3.63, 3.8) is 0 Å². The molecule has 36 heavy (non-hydrogen) atoms. The van der Waals surface area contributed by atoms with Crippen LogP contribution in [0.4, 0.5) is 22.0 Å². The van der Waals surface area contributed by atoms with E-state index in [1.54, 1.807) is 35.0 Å². The first kappa shape index (κ1) is 24.1. The van der Waals surface area contributed by atoms with Gasteiger partial charge < -0.3 is 16.0 Å². The molecule has 0 radical (unpaired) electrons. The number of carbonyl (C=O) groups is 1. The smallest absolute Gasteiger partial charge is 0.323 e. The van der Waals surface area contributed by atoms with Gasteiger partial charge in [0.25, 0.3) is 0 Å². The molecule has 3 N–H and O–H groups in total. The molecule has 0 fully saturated rings. The Morgan fingerprint density at radius 2 is 1.69 bits per heavy atom. The number of hydrogen-bond acceptors (Lipinski definition) is 4. The summed E-state index contributed by atoms with van der Waals surface area (Å²) in [5, 5.41) is 14.6. The van der Waals surface area contributed by atoms with Crippen LogP contribution in [0.1, 0.15) is 5.56 Å². The molecule has 7 nitrogen and oxygen atoms in total. The van der Waals surface area contributed by atoms with Gasteiger partial charge in [0, 0.05) is 39.6 Å². The number of fused-ring (bicyclic) bond motifs is 1. The van der Waals surface area contributed by atoms with Gasteiger partial charge in [0.1, 0.15) is 5.82 Å². The van der Waals surface area contributed by atoms with Gasteiger partial charge in [-0.1, -0.05) is 59.6 Å². The highest BCUT2D eigenvalue weighted by atomic mass is 79.9. The summed E-state index contributed by atoms with van der Waals surface area (Å²) in [5.41, 5.74) is 4.56. The van der Waals surface area contributed by atoms with Crippen LogP contribution >= 0.6 is 39.1 Å². The van der Waals surface area contributed by atoms with Crippen LogP contribution < -0.4 is 16.0 Å². The van der Waals surface area contributed by atoms with Gasteiger partial charge in [-0.3, -0.25) is 0 Å². The second kappa shape index (κ2) is 10.6. The second-order valence-electron chi connectivity index (χ2n) is 7.87. The summed E-state index contributed by atoms with van der Waals surface area (Å²) in [6.45, 7) is 0.535. The molecule has 0 saturated carbocycles. The average Bonchev–Trinajstić information content (AvgIpc) is 3.24. The van der Waals surface area contributed by atoms with E-state index in [0.717, 1.165) is 27.1 Å². The molecule has 0 unspecified atom stereocenters. The number of rotatable bonds is 6. The lowest BCUT2D eigenvalue weighted by molar-refractivity contribution is 0.262. The summed E-state index contributed by atoms with van der Waals surface area (Å²) in [5.74, 6) is 0.767. The largest absolute Gasteiger partial charge is 0.366 e. The van der Waals surface area contributed by atoms with Crippen molar-refractivity contribution in [2.24, 2.45) is 0 Å². The lowest BCUT2D eigenvalue weighted by Crippen LogP contribution is -2.19. The minimum absolute atomic E-state index is 0.348. The number of urea groups is 1. The molecule has 5 aromatic rings. The number of benzene rings is 3. The van der Waals surface area contributed by atoms with Crippen molar-refractivity contribution >= 4 is 68.0 Å². The highest BCUT2D eigenvalue weighted by Crippen LogP contribution is 2.30. The molecule has 0 spiro atoms. The summed E-state index contributed by atoms with van der Waals surface area (Å²) in [4.78, 5) is 17.0. The highest BCUT2D eigenvalue weighted by Gasteiger charge is 2.13. The quantitative estimate of drug-likeness (QED) is 0.192. The number of nitrogens with one attached hydrogen (secondary N) is 3. The summed E-state index contributed by atoms with van der Waals surface area (Å²) in [7, 11) is 0. The molecule has 10 heteroatoms. The second-order valence-corrected chi connectivity index (χ2v) is 9.57. The molecule has 0 atom stereocenters. The Morgan fingerprint density at radius 3 is 2.47 bits per heavy atom. The Labute approximate surface area is 225 Å². The van der Waals surface area contributed by atoms with E-state index in [4.69, 9.17) is 28.2 Å². The number of hydrogen-bond donors (Lipinski definition) is 3. The van der Waals surface area contributed by atoms with Crippen LogP contribution in [0.3, 0.4) is 0 Å². The number of carbonyl (C=O) groups excluding carboxylic acids is 1. The number of amides is 2. The van der Waals surface area contributed by atoms with Crippen LogP contribution in [0.2, 0.25) is 10.0 Å². The van der Waals surface area contributed by atoms with Crippen molar-refractivity contribution < 1.29 is 4.79 Å². The minimum atomic E-state index is -0.348. The Kier molecular flexibility index (Phi) is 7.09. The third-order valence-corrected chi connectivity index (χ3v) is 6.47. The van der Waals surface area contributed by atoms with Crippen LogP contribution in [-0.4, -0.2) is 20.6 Å². The SMILES string of the molecule is O=C(Nc1ccc(CNc2cc(-c3ccccc3Cl)nc3c(Br)cnn23)cc1)Nc1cccc(Cl)c1. The first-order valence-corrected chi connectivity index (χ1v) is 12.5. The zero-order valence-electron chi connectivity index (χ0n) is 18.7. The van der Waals surface area contributed by atoms with E-state index in [2.05, 4.69) is 37.0 Å². The van der Waals surface area contributed by atoms with Crippen LogP contribution in [0.5, 0.6) is 0 Å². The van der Waals surface area contributed by atoms with Gasteiger partial charge in [-0.15, -0.1) is 0 Å². The summed E-state index contributed by atoms with van der Waals surface area (Å²) in [6, 6.07) is 23.7. The van der Waals surface area contributed by atoms with Crippen molar-refractivity contribution in [2.45, 2.75) is 6.54 Å². The van der Waals surface area contributed by atoms with E-state index in [1.165, 1.54) is 0 Å². The Morgan fingerprint density at radius 1 is 0.917 bits per heavy atom. The van der Waals surface area contributed by atoms with Gasteiger partial charge in [0.2, 0.25) is 0 Å². The van der Waals surface area contributed by atoms with Crippen molar-refractivity contribution in [2.75, 3.05) is 16.0 Å². The highest BCUT2D eigenvalue weighted by molar-refractivity contribution is 9.10. The van der Waals surface area contributed by atoms with E-state index in [0.29, 0.717) is 33.6 Å². The number of nitrogens with zero attached hydrogens (tertiary/aromatic N) is 3. The fourth-order valence-electron chi connectivity index (χ4n) is 3.63. The van der Waals surface area contributed by atoms with Crippen LogP contribution in [0.15, 0.2) is 89.5 Å². The maximum atomic E-state index is 12.3. The molecule has 0 bridgehead atoms. The topological polar surface area (TPSA) is 83.3 Å². The zero-order chi connectivity index (χ0) is 25.1. The maximum Gasteiger partial charge on any atom is 0.323 e. The molecule has 180 valence electrons. The average molecular weight is 582 g/mol. The number of halogens is 3. The fourth-order valence-corrected chi connectivity index (χ4v) is 4.40. The third-order valence-electron chi connectivity index (χ3n) is 5.35. The maximum absolute atomic E-state index is 12.3. The normalized spacial score (nSPS) is 10.9. The molecule has 0 aliphatic carbocycles. The molecular formula is C26H19BrCl2N6O.